The molecule has 0 fully saturated rings. The van der Waals surface area contributed by atoms with Gasteiger partial charge >= 0.3 is 0 Å². The molecule has 0 aliphatic heterocycles. The highest BCUT2D eigenvalue weighted by molar-refractivity contribution is 7.92. The molecule has 0 saturated carbocycles. The molecular weight excluding hydrogens is 621 g/mol. The van der Waals surface area contributed by atoms with Gasteiger partial charge in [-0.1, -0.05) is 85.1 Å². The van der Waals surface area contributed by atoms with Crippen LogP contribution in [0.25, 0.3) is 0 Å². The fraction of sp³-hybridized carbons (Fsp3) is 0.394. The number of hydrogen-bond acceptors (Lipinski definition) is 5. The maximum atomic E-state index is 14.0. The third-order valence-corrected chi connectivity index (χ3v) is 8.94. The fourth-order valence-electron chi connectivity index (χ4n) is 4.82. The van der Waals surface area contributed by atoms with Gasteiger partial charge < -0.3 is 15.0 Å². The number of sulfonamides is 1. The largest absolute Gasteiger partial charge is 0.492 e. The van der Waals surface area contributed by atoms with Gasteiger partial charge in [0.2, 0.25) is 21.8 Å². The second-order valence-electron chi connectivity index (χ2n) is 10.5. The molecule has 3 aromatic rings. The summed E-state index contributed by atoms with van der Waals surface area (Å²) in [5.41, 5.74) is 2.04. The summed E-state index contributed by atoms with van der Waals surface area (Å²) in [6, 6.07) is 20.8. The van der Waals surface area contributed by atoms with Gasteiger partial charge in [0.05, 0.1) is 28.6 Å². The number of anilines is 1. The van der Waals surface area contributed by atoms with E-state index in [1.165, 1.54) is 4.31 Å². The van der Waals surface area contributed by atoms with Crippen LogP contribution in [0.2, 0.25) is 10.0 Å². The number of hydrogen-bond donors (Lipinski definition) is 1. The zero-order valence-electron chi connectivity index (χ0n) is 25.5. The summed E-state index contributed by atoms with van der Waals surface area (Å²) in [6.07, 6.45) is 3.40. The molecule has 8 nitrogen and oxygen atoms in total. The van der Waals surface area contributed by atoms with Crippen LogP contribution < -0.4 is 14.4 Å². The van der Waals surface area contributed by atoms with Gasteiger partial charge in [-0.3, -0.25) is 13.9 Å². The van der Waals surface area contributed by atoms with Crippen molar-refractivity contribution in [3.8, 4) is 5.75 Å². The van der Waals surface area contributed by atoms with Crippen LogP contribution in [0.1, 0.15) is 50.7 Å². The molecule has 0 aromatic heterocycles. The maximum Gasteiger partial charge on any atom is 0.243 e. The normalized spacial score (nSPS) is 11.9. The van der Waals surface area contributed by atoms with E-state index in [-0.39, 0.29) is 37.7 Å². The topological polar surface area (TPSA) is 96.0 Å². The number of amides is 2. The summed E-state index contributed by atoms with van der Waals surface area (Å²) in [6.45, 7) is 4.92. The molecule has 3 rings (SSSR count). The number of benzene rings is 3. The highest BCUT2D eigenvalue weighted by Gasteiger charge is 2.31. The Morgan fingerprint density at radius 2 is 1.61 bits per heavy atom. The lowest BCUT2D eigenvalue weighted by Gasteiger charge is -2.32. The molecule has 0 radical (unpaired) electrons. The van der Waals surface area contributed by atoms with Crippen LogP contribution in [0.15, 0.2) is 72.8 Å². The highest BCUT2D eigenvalue weighted by atomic mass is 35.5. The van der Waals surface area contributed by atoms with Crippen molar-refractivity contribution in [3.63, 3.8) is 0 Å². The number of unbranched alkanes of at least 4 members (excludes halogenated alkanes) is 1. The van der Waals surface area contributed by atoms with Crippen molar-refractivity contribution in [1.29, 1.82) is 0 Å². The molecular formula is C33H41Cl2N3O5S. The molecule has 0 spiro atoms. The van der Waals surface area contributed by atoms with E-state index in [9.17, 15) is 18.0 Å². The van der Waals surface area contributed by atoms with Crippen molar-refractivity contribution in [2.75, 3.05) is 30.3 Å². The number of ether oxygens (including phenoxy) is 1. The first-order valence-corrected chi connectivity index (χ1v) is 17.4. The molecule has 1 atom stereocenters. The quantitative estimate of drug-likeness (QED) is 0.167. The zero-order valence-corrected chi connectivity index (χ0v) is 27.8. The van der Waals surface area contributed by atoms with Crippen LogP contribution in [-0.2, 0) is 32.6 Å². The van der Waals surface area contributed by atoms with Gasteiger partial charge in [0.25, 0.3) is 0 Å². The summed E-state index contributed by atoms with van der Waals surface area (Å²) >= 11 is 12.4. The van der Waals surface area contributed by atoms with Crippen molar-refractivity contribution in [2.24, 2.45) is 0 Å². The van der Waals surface area contributed by atoms with E-state index >= 15 is 0 Å². The summed E-state index contributed by atoms with van der Waals surface area (Å²) in [4.78, 5) is 29.2. The molecule has 0 aliphatic rings. The molecule has 11 heteroatoms. The molecule has 44 heavy (non-hydrogen) atoms. The molecule has 238 valence electrons. The second-order valence-corrected chi connectivity index (χ2v) is 13.2. The van der Waals surface area contributed by atoms with E-state index in [1.54, 1.807) is 47.4 Å². The molecule has 0 aliphatic carbocycles. The van der Waals surface area contributed by atoms with E-state index in [2.05, 4.69) is 5.32 Å². The van der Waals surface area contributed by atoms with Crippen LogP contribution in [0, 0.1) is 0 Å². The molecule has 1 unspecified atom stereocenters. The minimum Gasteiger partial charge on any atom is -0.492 e. The summed E-state index contributed by atoms with van der Waals surface area (Å²) < 4.78 is 32.6. The van der Waals surface area contributed by atoms with Crippen molar-refractivity contribution >= 4 is 50.7 Å². The van der Waals surface area contributed by atoms with Gasteiger partial charge in [-0.25, -0.2) is 8.42 Å². The molecule has 0 heterocycles. The lowest BCUT2D eigenvalue weighted by Crippen LogP contribution is -2.50. The summed E-state index contributed by atoms with van der Waals surface area (Å²) in [5, 5.41) is 3.73. The van der Waals surface area contributed by atoms with Crippen LogP contribution in [0.3, 0.4) is 0 Å². The van der Waals surface area contributed by atoms with Crippen LogP contribution in [0.4, 0.5) is 5.69 Å². The third-order valence-electron chi connectivity index (χ3n) is 7.02. The van der Waals surface area contributed by atoms with Crippen LogP contribution >= 0.6 is 23.2 Å². The van der Waals surface area contributed by atoms with Crippen molar-refractivity contribution < 1.29 is 22.7 Å². The first-order chi connectivity index (χ1) is 21.0. The first kappa shape index (κ1) is 35.2. The standard InChI is InChI=1S/C33H41Cl2N3O5S/c1-4-6-20-36-33(40)30(23-25-13-8-7-9-14-25)37(24-26-18-19-27(34)28(35)22-26)32(39)17-12-21-38(44(3,41)42)29-15-10-11-16-31(29)43-5-2/h7-11,13-16,18-19,22,30H,4-6,12,17,20-21,23-24H2,1-3H3,(H,36,40). The Balaban J connectivity index is 1.91. The monoisotopic (exact) mass is 661 g/mol. The average Bonchev–Trinajstić information content (AvgIpc) is 2.99. The SMILES string of the molecule is CCCCNC(=O)C(Cc1ccccc1)N(Cc1ccc(Cl)c(Cl)c1)C(=O)CCCN(c1ccccc1OCC)S(C)(=O)=O. The number of halogens is 2. The zero-order chi connectivity index (χ0) is 32.1. The Morgan fingerprint density at radius 3 is 2.27 bits per heavy atom. The first-order valence-electron chi connectivity index (χ1n) is 14.8. The second kappa shape index (κ2) is 17.3. The van der Waals surface area contributed by atoms with E-state index in [4.69, 9.17) is 27.9 Å². The van der Waals surface area contributed by atoms with Crippen molar-refractivity contribution in [2.45, 2.75) is 58.5 Å². The Hall–Kier alpha value is -3.27. The average molecular weight is 663 g/mol. The number of carbonyl (C=O) groups is 2. The Labute approximate surface area is 271 Å². The summed E-state index contributed by atoms with van der Waals surface area (Å²) in [7, 11) is -3.68. The number of carbonyl (C=O) groups excluding carboxylic acids is 2. The molecule has 1 N–H and O–H groups in total. The number of para-hydroxylation sites is 2. The van der Waals surface area contributed by atoms with Gasteiger partial charge in [0.15, 0.2) is 0 Å². The summed E-state index contributed by atoms with van der Waals surface area (Å²) in [5.74, 6) is -0.0898. The van der Waals surface area contributed by atoms with E-state index in [0.29, 0.717) is 41.1 Å². The third kappa shape index (κ3) is 10.4. The van der Waals surface area contributed by atoms with E-state index in [0.717, 1.165) is 30.2 Å². The number of nitrogens with one attached hydrogen (secondary N) is 1. The van der Waals surface area contributed by atoms with Gasteiger partial charge in [0, 0.05) is 32.5 Å². The number of rotatable bonds is 17. The predicted molar refractivity (Wildman–Crippen MR) is 178 cm³/mol. The molecule has 3 aromatic carbocycles. The fourth-order valence-corrected chi connectivity index (χ4v) is 6.11. The Bertz CT molecular complexity index is 1490. The molecule has 0 bridgehead atoms. The lowest BCUT2D eigenvalue weighted by atomic mass is 10.0. The predicted octanol–water partition coefficient (Wildman–Crippen LogP) is 6.49. The van der Waals surface area contributed by atoms with Crippen LogP contribution in [-0.4, -0.2) is 57.1 Å². The highest BCUT2D eigenvalue weighted by Crippen LogP contribution is 2.30. The van der Waals surface area contributed by atoms with Gasteiger partial charge in [-0.15, -0.1) is 0 Å². The molecule has 2 amide bonds. The Morgan fingerprint density at radius 1 is 0.909 bits per heavy atom. The number of nitrogens with zero attached hydrogens (tertiary/aromatic N) is 2. The lowest BCUT2D eigenvalue weighted by molar-refractivity contribution is -0.141. The van der Waals surface area contributed by atoms with Crippen LogP contribution in [0.5, 0.6) is 5.75 Å². The molecule has 0 saturated heterocycles. The minimum absolute atomic E-state index is 0.0116. The van der Waals surface area contributed by atoms with Gasteiger partial charge in [0.1, 0.15) is 11.8 Å². The van der Waals surface area contributed by atoms with E-state index < -0.39 is 16.1 Å². The maximum absolute atomic E-state index is 14.0. The minimum atomic E-state index is -3.68. The van der Waals surface area contributed by atoms with Gasteiger partial charge in [-0.05, 0) is 55.2 Å². The van der Waals surface area contributed by atoms with Crippen molar-refractivity contribution in [3.05, 3.63) is 94.0 Å². The smallest absolute Gasteiger partial charge is 0.243 e. The van der Waals surface area contributed by atoms with Crippen molar-refractivity contribution in [1.82, 2.24) is 10.2 Å². The Kier molecular flexibility index (Phi) is 13.8. The van der Waals surface area contributed by atoms with E-state index in [1.807, 2.05) is 44.2 Å². The van der Waals surface area contributed by atoms with Gasteiger partial charge in [-0.2, -0.15) is 0 Å².